The van der Waals surface area contributed by atoms with Crippen molar-refractivity contribution in [1.82, 2.24) is 0 Å². The number of hydrogen-bond acceptors (Lipinski definition) is 2. The van der Waals surface area contributed by atoms with Gasteiger partial charge < -0.3 is 5.73 Å². The van der Waals surface area contributed by atoms with E-state index in [1.165, 1.54) is 10.5 Å². The molecule has 0 heterocycles. The van der Waals surface area contributed by atoms with Crippen LogP contribution in [-0.4, -0.2) is 0 Å². The molecular weight excluding hydrogens is 262 g/mol. The molecule has 2 N–H and O–H groups in total. The van der Waals surface area contributed by atoms with Crippen LogP contribution in [0.5, 0.6) is 0 Å². The summed E-state index contributed by atoms with van der Waals surface area (Å²) in [4.78, 5) is 1.23. The van der Waals surface area contributed by atoms with Crippen LogP contribution >= 0.6 is 23.4 Å². The van der Waals surface area contributed by atoms with Crippen molar-refractivity contribution in [2.75, 3.05) is 0 Å². The summed E-state index contributed by atoms with van der Waals surface area (Å²) < 4.78 is 0. The summed E-state index contributed by atoms with van der Waals surface area (Å²) >= 11 is 7.93. The third-order valence-corrected chi connectivity index (χ3v) is 4.26. The summed E-state index contributed by atoms with van der Waals surface area (Å²) in [5, 5.41) is 0.822. The van der Waals surface area contributed by atoms with E-state index in [-0.39, 0.29) is 6.04 Å². The number of halogens is 1. The lowest BCUT2D eigenvalue weighted by Crippen LogP contribution is -2.06. The molecule has 1 nitrogen and oxygen atoms in total. The summed E-state index contributed by atoms with van der Waals surface area (Å²) in [6.07, 6.45) is 0. The van der Waals surface area contributed by atoms with E-state index in [9.17, 15) is 0 Å². The fourth-order valence-electron chi connectivity index (χ4n) is 1.76. The second-order valence-corrected chi connectivity index (χ2v) is 5.63. The molecule has 0 saturated heterocycles. The Labute approximate surface area is 117 Å². The van der Waals surface area contributed by atoms with Crippen molar-refractivity contribution in [2.24, 2.45) is 5.73 Å². The molecule has 0 aliphatic carbocycles. The molecule has 0 radical (unpaired) electrons. The summed E-state index contributed by atoms with van der Waals surface area (Å²) in [6.45, 7) is 2.01. The standard InChI is InChI=1S/C15H16ClNS/c1-11(17)13-7-3-5-9-15(13)18-10-12-6-2-4-8-14(12)16/h2-9,11H,10,17H2,1H3/t11-/m0/s1. The zero-order valence-corrected chi connectivity index (χ0v) is 11.8. The predicted molar refractivity (Wildman–Crippen MR) is 80.1 cm³/mol. The smallest absolute Gasteiger partial charge is 0.0446 e. The van der Waals surface area contributed by atoms with Crippen molar-refractivity contribution in [2.45, 2.75) is 23.6 Å². The molecule has 0 aliphatic heterocycles. The largest absolute Gasteiger partial charge is 0.324 e. The van der Waals surface area contributed by atoms with Gasteiger partial charge in [0, 0.05) is 21.7 Å². The maximum absolute atomic E-state index is 6.15. The number of rotatable bonds is 4. The second kappa shape index (κ2) is 6.28. The molecule has 2 aromatic rings. The molecule has 0 saturated carbocycles. The number of benzene rings is 2. The van der Waals surface area contributed by atoms with Crippen molar-refractivity contribution in [3.05, 3.63) is 64.7 Å². The Morgan fingerprint density at radius 2 is 1.78 bits per heavy atom. The van der Waals surface area contributed by atoms with Crippen molar-refractivity contribution in [3.63, 3.8) is 0 Å². The molecule has 18 heavy (non-hydrogen) atoms. The zero-order valence-electron chi connectivity index (χ0n) is 10.3. The van der Waals surface area contributed by atoms with Gasteiger partial charge in [0.25, 0.3) is 0 Å². The minimum Gasteiger partial charge on any atom is -0.324 e. The third-order valence-electron chi connectivity index (χ3n) is 2.75. The fourth-order valence-corrected chi connectivity index (χ4v) is 3.20. The Balaban J connectivity index is 2.14. The number of hydrogen-bond donors (Lipinski definition) is 1. The average molecular weight is 278 g/mol. The Morgan fingerprint density at radius 1 is 1.11 bits per heavy atom. The molecule has 3 heteroatoms. The monoisotopic (exact) mass is 277 g/mol. The van der Waals surface area contributed by atoms with Crippen LogP contribution in [0.25, 0.3) is 0 Å². The molecule has 0 unspecified atom stereocenters. The first-order valence-corrected chi connectivity index (χ1v) is 7.25. The lowest BCUT2D eigenvalue weighted by molar-refractivity contribution is 0.797. The van der Waals surface area contributed by atoms with Crippen molar-refractivity contribution < 1.29 is 0 Å². The Morgan fingerprint density at radius 3 is 2.50 bits per heavy atom. The van der Waals surface area contributed by atoms with Crippen LogP contribution in [0.4, 0.5) is 0 Å². The SMILES string of the molecule is C[C@H](N)c1ccccc1SCc1ccccc1Cl. The van der Waals surface area contributed by atoms with Crippen LogP contribution in [0.3, 0.4) is 0 Å². The molecular formula is C15H16ClNS. The van der Waals surface area contributed by atoms with Gasteiger partial charge in [0.15, 0.2) is 0 Å². The van der Waals surface area contributed by atoms with Gasteiger partial charge in [-0.25, -0.2) is 0 Å². The van der Waals surface area contributed by atoms with Crippen LogP contribution in [0.2, 0.25) is 5.02 Å². The van der Waals surface area contributed by atoms with Crippen LogP contribution in [-0.2, 0) is 5.75 Å². The van der Waals surface area contributed by atoms with Gasteiger partial charge >= 0.3 is 0 Å². The summed E-state index contributed by atoms with van der Waals surface area (Å²) in [7, 11) is 0. The van der Waals surface area contributed by atoms with E-state index in [2.05, 4.69) is 18.2 Å². The van der Waals surface area contributed by atoms with E-state index in [1.54, 1.807) is 11.8 Å². The van der Waals surface area contributed by atoms with E-state index in [0.717, 1.165) is 16.3 Å². The first kappa shape index (κ1) is 13.5. The van der Waals surface area contributed by atoms with E-state index in [4.69, 9.17) is 17.3 Å². The Hall–Kier alpha value is -0.960. The molecule has 1 atom stereocenters. The normalized spacial score (nSPS) is 12.4. The second-order valence-electron chi connectivity index (χ2n) is 4.21. The van der Waals surface area contributed by atoms with E-state index >= 15 is 0 Å². The summed E-state index contributed by atoms with van der Waals surface area (Å²) in [6, 6.07) is 16.3. The van der Waals surface area contributed by atoms with E-state index in [0.29, 0.717) is 0 Å². The summed E-state index contributed by atoms with van der Waals surface area (Å²) in [5.41, 5.74) is 8.32. The molecule has 0 aromatic heterocycles. The lowest BCUT2D eigenvalue weighted by atomic mass is 10.1. The quantitative estimate of drug-likeness (QED) is 0.823. The molecule has 0 spiro atoms. The highest BCUT2D eigenvalue weighted by Crippen LogP contribution is 2.30. The van der Waals surface area contributed by atoms with Crippen LogP contribution in [0.1, 0.15) is 24.1 Å². The minimum atomic E-state index is 0.0555. The van der Waals surface area contributed by atoms with Gasteiger partial charge in [0.2, 0.25) is 0 Å². The van der Waals surface area contributed by atoms with Gasteiger partial charge in [-0.15, -0.1) is 11.8 Å². The van der Waals surface area contributed by atoms with Gasteiger partial charge in [0.05, 0.1) is 0 Å². The van der Waals surface area contributed by atoms with E-state index < -0.39 is 0 Å². The van der Waals surface area contributed by atoms with Gasteiger partial charge in [0.1, 0.15) is 0 Å². The number of nitrogens with two attached hydrogens (primary N) is 1. The van der Waals surface area contributed by atoms with Crippen LogP contribution < -0.4 is 5.73 Å². The molecule has 94 valence electrons. The topological polar surface area (TPSA) is 26.0 Å². The zero-order chi connectivity index (χ0) is 13.0. The van der Waals surface area contributed by atoms with Crippen LogP contribution in [0, 0.1) is 0 Å². The van der Waals surface area contributed by atoms with Gasteiger partial charge in [-0.1, -0.05) is 48.0 Å². The maximum Gasteiger partial charge on any atom is 0.0446 e. The average Bonchev–Trinajstić information content (AvgIpc) is 2.38. The molecule has 2 aromatic carbocycles. The van der Waals surface area contributed by atoms with E-state index in [1.807, 2.05) is 37.3 Å². The fraction of sp³-hybridized carbons (Fsp3) is 0.200. The predicted octanol–water partition coefficient (Wildman–Crippen LogP) is 4.65. The van der Waals surface area contributed by atoms with Crippen LogP contribution in [0.15, 0.2) is 53.4 Å². The van der Waals surface area contributed by atoms with Gasteiger partial charge in [-0.3, -0.25) is 0 Å². The first-order chi connectivity index (χ1) is 8.68. The van der Waals surface area contributed by atoms with Gasteiger partial charge in [-0.05, 0) is 30.2 Å². The Bertz CT molecular complexity index is 525. The first-order valence-electron chi connectivity index (χ1n) is 5.89. The molecule has 0 aliphatic rings. The van der Waals surface area contributed by atoms with Crippen molar-refractivity contribution in [1.29, 1.82) is 0 Å². The highest BCUT2D eigenvalue weighted by molar-refractivity contribution is 7.98. The molecule has 2 rings (SSSR count). The third kappa shape index (κ3) is 3.29. The maximum atomic E-state index is 6.15. The highest BCUT2D eigenvalue weighted by atomic mass is 35.5. The van der Waals surface area contributed by atoms with Gasteiger partial charge in [-0.2, -0.15) is 0 Å². The molecule has 0 bridgehead atoms. The Kier molecular flexibility index (Phi) is 4.70. The molecule has 0 amide bonds. The highest BCUT2D eigenvalue weighted by Gasteiger charge is 2.07. The van der Waals surface area contributed by atoms with Crippen molar-refractivity contribution >= 4 is 23.4 Å². The summed E-state index contributed by atoms with van der Waals surface area (Å²) in [5.74, 6) is 0.864. The lowest BCUT2D eigenvalue weighted by Gasteiger charge is -2.12. The minimum absolute atomic E-state index is 0.0555. The number of thioether (sulfide) groups is 1. The van der Waals surface area contributed by atoms with Crippen molar-refractivity contribution in [3.8, 4) is 0 Å². The molecule has 0 fully saturated rings.